The van der Waals surface area contributed by atoms with Gasteiger partial charge in [-0.05, 0) is 50.5 Å². The maximum absolute atomic E-state index is 12.1. The fraction of sp³-hybridized carbons (Fsp3) is 0.529. The zero-order valence-corrected chi connectivity index (χ0v) is 14.3. The normalized spacial score (nSPS) is 17.3. The Morgan fingerprint density at radius 2 is 2.00 bits per heavy atom. The monoisotopic (exact) mass is 340 g/mol. The number of hydrogen-bond acceptors (Lipinski definition) is 4. The second-order valence-electron chi connectivity index (χ2n) is 5.77. The fourth-order valence-corrected chi connectivity index (χ4v) is 2.59. The minimum absolute atomic E-state index is 0. The molecule has 1 unspecified atom stereocenters. The number of nitrogens with two attached hydrogens (primary N) is 1. The summed E-state index contributed by atoms with van der Waals surface area (Å²) < 4.78 is 5.59. The van der Waals surface area contributed by atoms with Crippen molar-refractivity contribution in [2.24, 2.45) is 5.73 Å². The van der Waals surface area contributed by atoms with Gasteiger partial charge in [-0.2, -0.15) is 0 Å². The molecular weight excluding hydrogens is 316 g/mol. The van der Waals surface area contributed by atoms with Gasteiger partial charge in [-0.25, -0.2) is 0 Å². The van der Waals surface area contributed by atoms with Crippen LogP contribution in [-0.2, 0) is 4.79 Å². The number of ether oxygens (including phenoxy) is 1. The van der Waals surface area contributed by atoms with Crippen LogP contribution in [0.2, 0.25) is 0 Å². The summed E-state index contributed by atoms with van der Waals surface area (Å²) in [5, 5.41) is 0. The summed E-state index contributed by atoms with van der Waals surface area (Å²) in [4.78, 5) is 25.1. The van der Waals surface area contributed by atoms with Crippen LogP contribution in [0.25, 0.3) is 0 Å². The molecule has 0 aliphatic carbocycles. The summed E-state index contributed by atoms with van der Waals surface area (Å²) in [6.45, 7) is 3.52. The summed E-state index contributed by atoms with van der Waals surface area (Å²) in [6.07, 6.45) is 3.16. The van der Waals surface area contributed by atoms with Crippen LogP contribution in [-0.4, -0.2) is 42.3 Å². The van der Waals surface area contributed by atoms with Crippen LogP contribution in [0.15, 0.2) is 24.3 Å². The zero-order chi connectivity index (χ0) is 15.9. The smallest absolute Gasteiger partial charge is 0.222 e. The van der Waals surface area contributed by atoms with Crippen molar-refractivity contribution in [3.63, 3.8) is 0 Å². The number of rotatable bonds is 6. The highest BCUT2D eigenvalue weighted by molar-refractivity contribution is 5.94. The van der Waals surface area contributed by atoms with Crippen molar-refractivity contribution in [1.29, 1.82) is 0 Å². The standard InChI is InChI=1S/C17H24N2O3.ClH/c1-13(20)14-6-8-16(9-7-14)22-11-3-5-17(21)19-10-2-4-15(18)12-19;/h6-9,15H,2-5,10-12,18H2,1H3;1H. The van der Waals surface area contributed by atoms with Crippen molar-refractivity contribution >= 4 is 24.1 Å². The van der Waals surface area contributed by atoms with E-state index in [4.69, 9.17) is 10.5 Å². The molecule has 1 fully saturated rings. The van der Waals surface area contributed by atoms with E-state index in [-0.39, 0.29) is 30.1 Å². The summed E-state index contributed by atoms with van der Waals surface area (Å²) in [7, 11) is 0. The molecule has 1 aliphatic rings. The number of piperidine rings is 1. The van der Waals surface area contributed by atoms with Crippen LogP contribution in [0.3, 0.4) is 0 Å². The molecule has 1 saturated heterocycles. The number of likely N-dealkylation sites (tertiary alicyclic amines) is 1. The van der Waals surface area contributed by atoms with Gasteiger partial charge in [-0.1, -0.05) is 0 Å². The van der Waals surface area contributed by atoms with Gasteiger partial charge in [0, 0.05) is 31.1 Å². The van der Waals surface area contributed by atoms with Crippen LogP contribution < -0.4 is 10.5 Å². The Morgan fingerprint density at radius 1 is 1.30 bits per heavy atom. The van der Waals surface area contributed by atoms with Crippen LogP contribution in [0, 0.1) is 0 Å². The van der Waals surface area contributed by atoms with Crippen LogP contribution in [0.1, 0.15) is 43.0 Å². The molecule has 23 heavy (non-hydrogen) atoms. The second kappa shape index (κ2) is 9.53. The third kappa shape index (κ3) is 6.20. The van der Waals surface area contributed by atoms with E-state index in [1.165, 1.54) is 6.92 Å². The SMILES string of the molecule is CC(=O)c1ccc(OCCCC(=O)N2CCCC(N)C2)cc1.Cl. The topological polar surface area (TPSA) is 72.6 Å². The van der Waals surface area contributed by atoms with E-state index in [9.17, 15) is 9.59 Å². The molecule has 0 saturated carbocycles. The van der Waals surface area contributed by atoms with Gasteiger partial charge in [0.25, 0.3) is 0 Å². The Morgan fingerprint density at radius 3 is 2.61 bits per heavy atom. The van der Waals surface area contributed by atoms with Gasteiger partial charge in [0.1, 0.15) is 5.75 Å². The minimum Gasteiger partial charge on any atom is -0.494 e. The third-order valence-electron chi connectivity index (χ3n) is 3.88. The quantitative estimate of drug-likeness (QED) is 0.637. The molecule has 1 aromatic carbocycles. The lowest BCUT2D eigenvalue weighted by atomic mass is 10.1. The van der Waals surface area contributed by atoms with Gasteiger partial charge in [0.15, 0.2) is 5.78 Å². The molecule has 1 heterocycles. The Bertz CT molecular complexity index is 519. The van der Waals surface area contributed by atoms with Crippen molar-refractivity contribution in [3.8, 4) is 5.75 Å². The maximum Gasteiger partial charge on any atom is 0.222 e. The molecule has 6 heteroatoms. The Kier molecular flexibility index (Phi) is 8.06. The summed E-state index contributed by atoms with van der Waals surface area (Å²) >= 11 is 0. The molecule has 128 valence electrons. The van der Waals surface area contributed by atoms with E-state index in [1.54, 1.807) is 24.3 Å². The molecule has 1 aromatic rings. The molecule has 2 N–H and O–H groups in total. The van der Waals surface area contributed by atoms with Crippen molar-refractivity contribution in [2.75, 3.05) is 19.7 Å². The minimum atomic E-state index is 0. The van der Waals surface area contributed by atoms with Gasteiger partial charge in [-0.15, -0.1) is 12.4 Å². The maximum atomic E-state index is 12.1. The largest absolute Gasteiger partial charge is 0.494 e. The molecule has 0 radical (unpaired) electrons. The lowest BCUT2D eigenvalue weighted by Gasteiger charge is -2.30. The lowest BCUT2D eigenvalue weighted by molar-refractivity contribution is -0.132. The first-order valence-electron chi connectivity index (χ1n) is 7.83. The van der Waals surface area contributed by atoms with Gasteiger partial charge in [-0.3, -0.25) is 9.59 Å². The zero-order valence-electron chi connectivity index (χ0n) is 13.5. The first-order valence-corrected chi connectivity index (χ1v) is 7.83. The second-order valence-corrected chi connectivity index (χ2v) is 5.77. The molecule has 1 aliphatic heterocycles. The summed E-state index contributed by atoms with van der Waals surface area (Å²) in [5.74, 6) is 0.917. The highest BCUT2D eigenvalue weighted by atomic mass is 35.5. The number of nitrogens with zero attached hydrogens (tertiary/aromatic N) is 1. The third-order valence-corrected chi connectivity index (χ3v) is 3.88. The number of hydrogen-bond donors (Lipinski definition) is 1. The molecule has 0 aromatic heterocycles. The predicted molar refractivity (Wildman–Crippen MR) is 92.2 cm³/mol. The molecule has 0 bridgehead atoms. The number of halogens is 1. The van der Waals surface area contributed by atoms with E-state index >= 15 is 0 Å². The number of carbonyl (C=O) groups excluding carboxylic acids is 2. The van der Waals surface area contributed by atoms with Crippen LogP contribution in [0.4, 0.5) is 0 Å². The van der Waals surface area contributed by atoms with E-state index in [2.05, 4.69) is 0 Å². The first kappa shape index (κ1) is 19.5. The Hall–Kier alpha value is -1.59. The summed E-state index contributed by atoms with van der Waals surface area (Å²) in [5.41, 5.74) is 6.55. The van der Waals surface area contributed by atoms with Crippen LogP contribution >= 0.6 is 12.4 Å². The molecule has 0 spiro atoms. The average Bonchev–Trinajstić information content (AvgIpc) is 2.51. The van der Waals surface area contributed by atoms with Gasteiger partial charge in [0.05, 0.1) is 6.61 Å². The van der Waals surface area contributed by atoms with E-state index < -0.39 is 0 Å². The predicted octanol–water partition coefficient (Wildman–Crippen LogP) is 2.42. The Labute approximate surface area is 143 Å². The highest BCUT2D eigenvalue weighted by Gasteiger charge is 2.20. The molecule has 5 nitrogen and oxygen atoms in total. The lowest BCUT2D eigenvalue weighted by Crippen LogP contribution is -2.45. The van der Waals surface area contributed by atoms with Crippen molar-refractivity contribution in [2.45, 2.75) is 38.6 Å². The molecular formula is C17H25ClN2O3. The van der Waals surface area contributed by atoms with Crippen molar-refractivity contribution in [1.82, 2.24) is 4.90 Å². The molecule has 1 amide bonds. The fourth-order valence-electron chi connectivity index (χ4n) is 2.59. The highest BCUT2D eigenvalue weighted by Crippen LogP contribution is 2.14. The first-order chi connectivity index (χ1) is 10.6. The van der Waals surface area contributed by atoms with E-state index in [0.29, 0.717) is 31.6 Å². The summed E-state index contributed by atoms with van der Waals surface area (Å²) in [6, 6.07) is 7.18. The Balaban J connectivity index is 0.00000264. The van der Waals surface area contributed by atoms with Crippen molar-refractivity contribution in [3.05, 3.63) is 29.8 Å². The molecule has 2 rings (SSSR count). The van der Waals surface area contributed by atoms with Gasteiger partial charge in [0.2, 0.25) is 5.91 Å². The van der Waals surface area contributed by atoms with E-state index in [0.717, 1.165) is 25.1 Å². The van der Waals surface area contributed by atoms with Crippen molar-refractivity contribution < 1.29 is 14.3 Å². The van der Waals surface area contributed by atoms with Gasteiger partial charge >= 0.3 is 0 Å². The van der Waals surface area contributed by atoms with E-state index in [1.807, 2.05) is 4.90 Å². The number of ketones is 1. The van der Waals surface area contributed by atoms with Crippen LogP contribution in [0.5, 0.6) is 5.75 Å². The number of benzene rings is 1. The molecule has 1 atom stereocenters. The number of amides is 1. The number of Topliss-reactive ketones (excluding diaryl/α,β-unsaturated/α-hetero) is 1. The van der Waals surface area contributed by atoms with Gasteiger partial charge < -0.3 is 15.4 Å². The average molecular weight is 341 g/mol. The number of carbonyl (C=O) groups is 2.